The van der Waals surface area contributed by atoms with E-state index in [1.54, 1.807) is 24.3 Å². The Morgan fingerprint density at radius 2 is 1.80 bits per heavy atom. The first kappa shape index (κ1) is 19.6. The number of aryl methyl sites for hydroxylation is 1. The van der Waals surface area contributed by atoms with Crippen LogP contribution in [0.1, 0.15) is 42.4 Å². The highest BCUT2D eigenvalue weighted by molar-refractivity contribution is 5.98. The molecular formula is C23H22N4O3. The lowest BCUT2D eigenvalue weighted by atomic mass is 10.1. The molecule has 0 saturated heterocycles. The Kier molecular flexibility index (Phi) is 4.95. The predicted molar refractivity (Wildman–Crippen MR) is 116 cm³/mol. The molecule has 0 saturated carbocycles. The van der Waals surface area contributed by atoms with E-state index in [1.165, 1.54) is 13.0 Å². The Morgan fingerprint density at radius 3 is 2.47 bits per heavy atom. The van der Waals surface area contributed by atoms with Crippen molar-refractivity contribution in [1.29, 1.82) is 0 Å². The van der Waals surface area contributed by atoms with Crippen LogP contribution in [0.5, 0.6) is 0 Å². The van der Waals surface area contributed by atoms with E-state index in [9.17, 15) is 14.4 Å². The van der Waals surface area contributed by atoms with Crippen molar-refractivity contribution in [2.75, 3.05) is 5.32 Å². The van der Waals surface area contributed by atoms with Gasteiger partial charge >= 0.3 is 0 Å². The highest BCUT2D eigenvalue weighted by Crippen LogP contribution is 2.27. The molecule has 2 heterocycles. The number of carbonyl (C=O) groups is 2. The smallest absolute Gasteiger partial charge is 0.273 e. The number of nitrogens with one attached hydrogen (secondary N) is 1. The molecule has 0 spiro atoms. The Morgan fingerprint density at radius 1 is 1.10 bits per heavy atom. The second-order valence-electron chi connectivity index (χ2n) is 7.28. The standard InChI is InChI=1S/C23H22N4O3/c1-4-19(23(30)24-17-11-9-16(10-12-17)15(3)28)27-20-8-6-5-7-18(20)22-25-21(29)13-14(2)26(22)27/h5-13,19H,4H2,1-3H3,(H,24,30)/t19-/m1/s1. The maximum Gasteiger partial charge on any atom is 0.273 e. The van der Waals surface area contributed by atoms with Gasteiger partial charge in [0.25, 0.3) is 5.56 Å². The normalized spacial score (nSPS) is 12.2. The zero-order valence-corrected chi connectivity index (χ0v) is 17.0. The van der Waals surface area contributed by atoms with Crippen LogP contribution in [0, 0.1) is 6.92 Å². The number of anilines is 1. The third-order valence-corrected chi connectivity index (χ3v) is 5.23. The van der Waals surface area contributed by atoms with Gasteiger partial charge in [0.15, 0.2) is 11.4 Å². The highest BCUT2D eigenvalue weighted by atomic mass is 16.2. The fraction of sp³-hybridized carbons (Fsp3) is 0.217. The minimum Gasteiger partial charge on any atom is -0.324 e. The topological polar surface area (TPSA) is 85.5 Å². The molecule has 0 aliphatic carbocycles. The Balaban J connectivity index is 1.81. The average molecular weight is 402 g/mol. The van der Waals surface area contributed by atoms with Gasteiger partial charge in [-0.3, -0.25) is 19.1 Å². The first-order chi connectivity index (χ1) is 14.4. The van der Waals surface area contributed by atoms with E-state index in [0.717, 1.165) is 10.9 Å². The summed E-state index contributed by atoms with van der Waals surface area (Å²) in [5, 5.41) is 3.76. The minimum atomic E-state index is -0.525. The van der Waals surface area contributed by atoms with Gasteiger partial charge in [-0.25, -0.2) is 4.52 Å². The summed E-state index contributed by atoms with van der Waals surface area (Å²) >= 11 is 0. The molecule has 7 nitrogen and oxygen atoms in total. The van der Waals surface area contributed by atoms with Crippen LogP contribution in [0.25, 0.3) is 16.6 Å². The highest BCUT2D eigenvalue weighted by Gasteiger charge is 2.25. The quantitative estimate of drug-likeness (QED) is 0.515. The van der Waals surface area contributed by atoms with Crippen molar-refractivity contribution in [1.82, 2.24) is 14.2 Å². The van der Waals surface area contributed by atoms with Gasteiger partial charge in [-0.1, -0.05) is 19.1 Å². The van der Waals surface area contributed by atoms with Crippen molar-refractivity contribution in [2.24, 2.45) is 0 Å². The monoisotopic (exact) mass is 402 g/mol. The number of rotatable bonds is 5. The Labute approximate surface area is 172 Å². The molecule has 30 heavy (non-hydrogen) atoms. The third-order valence-electron chi connectivity index (χ3n) is 5.23. The number of hydrogen-bond donors (Lipinski definition) is 1. The number of nitrogens with zero attached hydrogens (tertiary/aromatic N) is 3. The van der Waals surface area contributed by atoms with Gasteiger partial charge in [0, 0.05) is 28.4 Å². The zero-order chi connectivity index (χ0) is 21.4. The number of amides is 1. The number of fused-ring (bicyclic) bond motifs is 3. The summed E-state index contributed by atoms with van der Waals surface area (Å²) in [6.07, 6.45) is 0.538. The molecule has 0 radical (unpaired) electrons. The second kappa shape index (κ2) is 7.59. The van der Waals surface area contributed by atoms with Crippen LogP contribution < -0.4 is 10.9 Å². The SMILES string of the molecule is CC[C@H](C(=O)Nc1ccc(C(C)=O)cc1)n1c2ccccc2c2nc(=O)cc(C)n21. The summed E-state index contributed by atoms with van der Waals surface area (Å²) in [5.41, 5.74) is 2.97. The van der Waals surface area contributed by atoms with Crippen LogP contribution in [0.4, 0.5) is 5.69 Å². The maximum atomic E-state index is 13.2. The molecular weight excluding hydrogens is 380 g/mol. The summed E-state index contributed by atoms with van der Waals surface area (Å²) < 4.78 is 3.73. The van der Waals surface area contributed by atoms with Crippen LogP contribution >= 0.6 is 0 Å². The van der Waals surface area contributed by atoms with Gasteiger partial charge in [0.1, 0.15) is 6.04 Å². The molecule has 1 N–H and O–H groups in total. The zero-order valence-electron chi connectivity index (χ0n) is 17.0. The molecule has 0 aliphatic heterocycles. The molecule has 0 aliphatic rings. The number of ketones is 1. The summed E-state index contributed by atoms with van der Waals surface area (Å²) in [4.78, 5) is 40.9. The number of hydrogen-bond acceptors (Lipinski definition) is 4. The molecule has 4 aromatic rings. The van der Waals surface area contributed by atoms with E-state index in [0.29, 0.717) is 29.0 Å². The average Bonchev–Trinajstić information content (AvgIpc) is 3.04. The maximum absolute atomic E-state index is 13.2. The van der Waals surface area contributed by atoms with Crippen molar-refractivity contribution in [3.63, 3.8) is 0 Å². The lowest BCUT2D eigenvalue weighted by Crippen LogP contribution is -2.29. The molecule has 4 rings (SSSR count). The number of para-hydroxylation sites is 1. The van der Waals surface area contributed by atoms with E-state index in [-0.39, 0.29) is 17.2 Å². The molecule has 1 atom stereocenters. The Hall–Kier alpha value is -3.74. The molecule has 2 aromatic heterocycles. The fourth-order valence-corrected chi connectivity index (χ4v) is 3.80. The molecule has 0 unspecified atom stereocenters. The lowest BCUT2D eigenvalue weighted by Gasteiger charge is -2.20. The minimum absolute atomic E-state index is 0.0262. The fourth-order valence-electron chi connectivity index (χ4n) is 3.80. The van der Waals surface area contributed by atoms with Crippen molar-refractivity contribution in [3.05, 3.63) is 76.2 Å². The molecule has 152 valence electrons. The van der Waals surface area contributed by atoms with Gasteiger partial charge < -0.3 is 5.32 Å². The van der Waals surface area contributed by atoms with Gasteiger partial charge in [0.2, 0.25) is 5.91 Å². The summed E-state index contributed by atoms with van der Waals surface area (Å²) in [6, 6.07) is 15.4. The van der Waals surface area contributed by atoms with Crippen molar-refractivity contribution >= 4 is 33.9 Å². The largest absolute Gasteiger partial charge is 0.324 e. The van der Waals surface area contributed by atoms with E-state index in [1.807, 2.05) is 47.3 Å². The summed E-state index contributed by atoms with van der Waals surface area (Å²) in [7, 11) is 0. The predicted octanol–water partition coefficient (Wildman–Crippen LogP) is 3.75. The van der Waals surface area contributed by atoms with E-state index in [4.69, 9.17) is 0 Å². The Bertz CT molecular complexity index is 1330. The van der Waals surface area contributed by atoms with E-state index < -0.39 is 6.04 Å². The second-order valence-corrected chi connectivity index (χ2v) is 7.28. The number of carbonyl (C=O) groups excluding carboxylic acids is 2. The lowest BCUT2D eigenvalue weighted by molar-refractivity contribution is -0.119. The van der Waals surface area contributed by atoms with Crippen LogP contribution in [0.15, 0.2) is 59.4 Å². The van der Waals surface area contributed by atoms with Crippen LogP contribution in [-0.4, -0.2) is 25.9 Å². The molecule has 2 aromatic carbocycles. The van der Waals surface area contributed by atoms with Crippen molar-refractivity contribution in [3.8, 4) is 0 Å². The van der Waals surface area contributed by atoms with E-state index in [2.05, 4.69) is 10.3 Å². The first-order valence-electron chi connectivity index (χ1n) is 9.82. The molecule has 1 amide bonds. The van der Waals surface area contributed by atoms with E-state index >= 15 is 0 Å². The third kappa shape index (κ3) is 3.28. The van der Waals surface area contributed by atoms with Crippen LogP contribution in [0.3, 0.4) is 0 Å². The van der Waals surface area contributed by atoms with Gasteiger partial charge in [-0.2, -0.15) is 4.98 Å². The number of Topliss-reactive ketones (excluding diaryl/α,β-unsaturated/α-hetero) is 1. The first-order valence-corrected chi connectivity index (χ1v) is 9.82. The van der Waals surface area contributed by atoms with Crippen molar-refractivity contribution in [2.45, 2.75) is 33.2 Å². The molecule has 0 bridgehead atoms. The van der Waals surface area contributed by atoms with Crippen LogP contribution in [0.2, 0.25) is 0 Å². The van der Waals surface area contributed by atoms with Crippen molar-refractivity contribution < 1.29 is 9.59 Å². The summed E-state index contributed by atoms with van der Waals surface area (Å²) in [6.45, 7) is 5.27. The van der Waals surface area contributed by atoms with Gasteiger partial charge in [-0.05, 0) is 56.7 Å². The molecule has 7 heteroatoms. The number of aromatic nitrogens is 3. The summed E-state index contributed by atoms with van der Waals surface area (Å²) in [5.74, 6) is -0.212. The van der Waals surface area contributed by atoms with Gasteiger partial charge in [-0.15, -0.1) is 0 Å². The number of benzene rings is 2. The molecule has 0 fully saturated rings. The van der Waals surface area contributed by atoms with Crippen LogP contribution in [-0.2, 0) is 4.79 Å². The van der Waals surface area contributed by atoms with Gasteiger partial charge in [0.05, 0.1) is 5.52 Å².